The Hall–Kier alpha value is -0.810. The second-order valence-corrected chi connectivity index (χ2v) is 7.26. The van der Waals surface area contributed by atoms with E-state index in [1.165, 1.54) is 51.6 Å². The summed E-state index contributed by atoms with van der Waals surface area (Å²) in [5, 5.41) is 3.50. The molecule has 1 saturated carbocycles. The number of hydrogen-bond donors (Lipinski definition) is 1. The highest BCUT2D eigenvalue weighted by Gasteiger charge is 2.39. The van der Waals surface area contributed by atoms with Crippen molar-refractivity contribution in [2.45, 2.75) is 45.4 Å². The third-order valence-corrected chi connectivity index (χ3v) is 5.41. The van der Waals surface area contributed by atoms with Gasteiger partial charge in [-0.3, -0.25) is 4.99 Å². The van der Waals surface area contributed by atoms with Gasteiger partial charge in [0.05, 0.1) is 13.2 Å². The van der Waals surface area contributed by atoms with Gasteiger partial charge >= 0.3 is 0 Å². The summed E-state index contributed by atoms with van der Waals surface area (Å²) in [5.41, 5.74) is 0.587. The van der Waals surface area contributed by atoms with Gasteiger partial charge in [0, 0.05) is 39.8 Å². The van der Waals surface area contributed by atoms with Crippen LogP contribution in [0.25, 0.3) is 0 Å². The normalized spacial score (nSPS) is 21.4. The molecule has 0 aromatic heterocycles. The van der Waals surface area contributed by atoms with Gasteiger partial charge in [-0.05, 0) is 38.6 Å². The Morgan fingerprint density at radius 3 is 2.70 bits per heavy atom. The summed E-state index contributed by atoms with van der Waals surface area (Å²) in [5.74, 6) is 1.12. The van der Waals surface area contributed by atoms with Crippen LogP contribution in [-0.2, 0) is 4.74 Å². The second kappa shape index (κ2) is 9.48. The fourth-order valence-corrected chi connectivity index (χ4v) is 3.94. The van der Waals surface area contributed by atoms with Crippen LogP contribution in [0, 0.1) is 5.41 Å². The van der Waals surface area contributed by atoms with E-state index < -0.39 is 0 Å². The number of aliphatic imine (C=N–C) groups is 1. The van der Waals surface area contributed by atoms with Crippen LogP contribution in [0.2, 0.25) is 0 Å². The van der Waals surface area contributed by atoms with Crippen LogP contribution in [0.15, 0.2) is 4.99 Å². The highest BCUT2D eigenvalue weighted by molar-refractivity contribution is 5.80. The first-order valence-electron chi connectivity index (χ1n) is 9.40. The molecule has 23 heavy (non-hydrogen) atoms. The fourth-order valence-electron chi connectivity index (χ4n) is 3.94. The Morgan fingerprint density at radius 2 is 2.00 bits per heavy atom. The lowest BCUT2D eigenvalue weighted by atomic mass is 9.73. The van der Waals surface area contributed by atoms with Gasteiger partial charge in [-0.2, -0.15) is 0 Å². The van der Waals surface area contributed by atoms with Gasteiger partial charge in [0.2, 0.25) is 0 Å². The number of rotatable bonds is 7. The summed E-state index contributed by atoms with van der Waals surface area (Å²) in [4.78, 5) is 9.66. The van der Waals surface area contributed by atoms with Gasteiger partial charge in [0.25, 0.3) is 0 Å². The maximum absolute atomic E-state index is 5.13. The van der Waals surface area contributed by atoms with Crippen molar-refractivity contribution in [1.82, 2.24) is 15.1 Å². The summed E-state index contributed by atoms with van der Waals surface area (Å²) in [6.07, 6.45) is 8.47. The lowest BCUT2D eigenvalue weighted by Gasteiger charge is -2.33. The smallest absolute Gasteiger partial charge is 0.193 e. The molecule has 2 rings (SSSR count). The second-order valence-electron chi connectivity index (χ2n) is 7.26. The van der Waals surface area contributed by atoms with Crippen LogP contribution in [0.5, 0.6) is 0 Å². The number of ether oxygens (including phenoxy) is 1. The maximum atomic E-state index is 5.13. The molecule has 0 aromatic carbocycles. The molecule has 0 bridgehead atoms. The Bertz CT molecular complexity index is 366. The molecule has 1 aliphatic carbocycles. The first-order valence-corrected chi connectivity index (χ1v) is 9.40. The average Bonchev–Trinajstić information content (AvgIpc) is 2.96. The third-order valence-electron chi connectivity index (χ3n) is 5.41. The zero-order valence-corrected chi connectivity index (χ0v) is 15.4. The van der Waals surface area contributed by atoms with Crippen molar-refractivity contribution < 1.29 is 4.74 Å². The molecule has 134 valence electrons. The first-order chi connectivity index (χ1) is 11.2. The molecule has 2 aliphatic rings. The summed E-state index contributed by atoms with van der Waals surface area (Å²) in [6.45, 7) is 9.08. The molecule has 1 aliphatic heterocycles. The van der Waals surface area contributed by atoms with Crippen molar-refractivity contribution in [3.8, 4) is 0 Å². The van der Waals surface area contributed by atoms with Gasteiger partial charge < -0.3 is 19.9 Å². The van der Waals surface area contributed by atoms with E-state index in [4.69, 9.17) is 9.73 Å². The molecule has 5 heteroatoms. The highest BCUT2D eigenvalue weighted by atomic mass is 16.5. The molecule has 1 N–H and O–H groups in total. The predicted octanol–water partition coefficient (Wildman–Crippen LogP) is 2.19. The van der Waals surface area contributed by atoms with E-state index in [-0.39, 0.29) is 0 Å². The van der Waals surface area contributed by atoms with Gasteiger partial charge in [-0.25, -0.2) is 0 Å². The summed E-state index contributed by atoms with van der Waals surface area (Å²) in [7, 11) is 3.89. The van der Waals surface area contributed by atoms with Crippen molar-refractivity contribution in [3.63, 3.8) is 0 Å². The number of hydrogen-bond acceptors (Lipinski definition) is 3. The van der Waals surface area contributed by atoms with Crippen molar-refractivity contribution in [1.29, 1.82) is 0 Å². The van der Waals surface area contributed by atoms with Crippen molar-refractivity contribution in [3.05, 3.63) is 0 Å². The Balaban J connectivity index is 1.84. The zero-order chi connectivity index (χ0) is 16.5. The van der Waals surface area contributed by atoms with Crippen LogP contribution in [0.1, 0.15) is 45.4 Å². The monoisotopic (exact) mass is 324 g/mol. The molecule has 2 fully saturated rings. The van der Waals surface area contributed by atoms with E-state index in [9.17, 15) is 0 Å². The molecular weight excluding hydrogens is 288 g/mol. The zero-order valence-electron chi connectivity index (χ0n) is 15.4. The number of likely N-dealkylation sites (tertiary alicyclic amines) is 1. The Kier molecular flexibility index (Phi) is 7.63. The van der Waals surface area contributed by atoms with Crippen molar-refractivity contribution >= 4 is 5.96 Å². The first kappa shape index (κ1) is 18.5. The van der Waals surface area contributed by atoms with Crippen LogP contribution in [0.3, 0.4) is 0 Å². The number of nitrogens with one attached hydrogen (secondary N) is 1. The van der Waals surface area contributed by atoms with Crippen molar-refractivity contribution in [2.75, 3.05) is 60.0 Å². The standard InChI is InChI=1S/C18H36N4O/c1-4-19-17(20-11-13-21(2)14-15-23-3)22-12-10-18(16-22)8-6-5-7-9-18/h4-16H2,1-3H3,(H,19,20). The van der Waals surface area contributed by atoms with E-state index in [1.54, 1.807) is 7.11 Å². The number of likely N-dealkylation sites (N-methyl/N-ethyl adjacent to an activating group) is 1. The van der Waals surface area contributed by atoms with E-state index in [1.807, 2.05) is 0 Å². The summed E-state index contributed by atoms with van der Waals surface area (Å²) in [6, 6.07) is 0. The van der Waals surface area contributed by atoms with Gasteiger partial charge in [0.1, 0.15) is 0 Å². The fraction of sp³-hybridized carbons (Fsp3) is 0.944. The Morgan fingerprint density at radius 1 is 1.22 bits per heavy atom. The number of methoxy groups -OCH3 is 1. The molecule has 1 heterocycles. The number of guanidine groups is 1. The molecule has 1 saturated heterocycles. The van der Waals surface area contributed by atoms with Crippen LogP contribution in [0.4, 0.5) is 0 Å². The summed E-state index contributed by atoms with van der Waals surface area (Å²) >= 11 is 0. The minimum absolute atomic E-state index is 0.587. The van der Waals surface area contributed by atoms with Crippen molar-refractivity contribution in [2.24, 2.45) is 10.4 Å². The molecule has 0 unspecified atom stereocenters. The average molecular weight is 325 g/mol. The van der Waals surface area contributed by atoms with Gasteiger partial charge in [-0.1, -0.05) is 19.3 Å². The molecule has 5 nitrogen and oxygen atoms in total. The van der Waals surface area contributed by atoms with E-state index in [0.717, 1.165) is 38.7 Å². The molecule has 0 atom stereocenters. The number of nitrogens with zero attached hydrogens (tertiary/aromatic N) is 3. The minimum Gasteiger partial charge on any atom is -0.383 e. The molecule has 1 spiro atoms. The van der Waals surface area contributed by atoms with Crippen LogP contribution >= 0.6 is 0 Å². The SMILES string of the molecule is CCNC(=NCCN(C)CCOC)N1CCC2(CCCCC2)C1. The molecular formula is C18H36N4O. The minimum atomic E-state index is 0.587. The summed E-state index contributed by atoms with van der Waals surface area (Å²) < 4.78 is 5.13. The van der Waals surface area contributed by atoms with E-state index in [0.29, 0.717) is 5.41 Å². The lowest BCUT2D eigenvalue weighted by molar-refractivity contribution is 0.162. The van der Waals surface area contributed by atoms with E-state index >= 15 is 0 Å². The highest BCUT2D eigenvalue weighted by Crippen LogP contribution is 2.43. The predicted molar refractivity (Wildman–Crippen MR) is 97.1 cm³/mol. The quantitative estimate of drug-likeness (QED) is 0.576. The Labute approximate surface area is 142 Å². The molecule has 0 aromatic rings. The van der Waals surface area contributed by atoms with Crippen LogP contribution < -0.4 is 5.32 Å². The third kappa shape index (κ3) is 5.64. The maximum Gasteiger partial charge on any atom is 0.193 e. The van der Waals surface area contributed by atoms with Gasteiger partial charge in [-0.15, -0.1) is 0 Å². The largest absolute Gasteiger partial charge is 0.383 e. The van der Waals surface area contributed by atoms with E-state index in [2.05, 4.69) is 29.1 Å². The molecule has 0 amide bonds. The topological polar surface area (TPSA) is 40.1 Å². The van der Waals surface area contributed by atoms with Gasteiger partial charge in [0.15, 0.2) is 5.96 Å². The molecule has 0 radical (unpaired) electrons. The lowest BCUT2D eigenvalue weighted by Crippen LogP contribution is -2.42. The van der Waals surface area contributed by atoms with Crippen LogP contribution in [-0.4, -0.2) is 75.8 Å².